The Morgan fingerprint density at radius 3 is 2.59 bits per heavy atom. The van der Waals surface area contributed by atoms with Crippen LogP contribution in [0.15, 0.2) is 42.6 Å². The van der Waals surface area contributed by atoms with Gasteiger partial charge in [0.15, 0.2) is 0 Å². The van der Waals surface area contributed by atoms with Crippen molar-refractivity contribution >= 4 is 51.6 Å². The van der Waals surface area contributed by atoms with Crippen LogP contribution in [0.4, 0.5) is 16.2 Å². The molecule has 0 fully saturated rings. The van der Waals surface area contributed by atoms with Gasteiger partial charge >= 0.3 is 13.2 Å². The molecule has 0 unspecified atom stereocenters. The van der Waals surface area contributed by atoms with Gasteiger partial charge in [0.2, 0.25) is 5.91 Å². The molecule has 0 spiro atoms. The predicted molar refractivity (Wildman–Crippen MR) is 177 cm³/mol. The fourth-order valence-electron chi connectivity index (χ4n) is 4.73. The molecule has 44 heavy (non-hydrogen) atoms. The molecule has 4 N–H and O–H groups in total. The average Bonchev–Trinajstić information content (AvgIpc) is 3.27. The van der Waals surface area contributed by atoms with Crippen LogP contribution in [-0.4, -0.2) is 81.9 Å². The summed E-state index contributed by atoms with van der Waals surface area (Å²) in [5, 5.41) is 25.0. The Labute approximate surface area is 260 Å². The summed E-state index contributed by atoms with van der Waals surface area (Å²) < 4.78 is 13.0. The van der Waals surface area contributed by atoms with E-state index in [1.165, 1.54) is 13.3 Å². The highest BCUT2D eigenvalue weighted by atomic mass is 32.3. The van der Waals surface area contributed by atoms with Gasteiger partial charge in [-0.15, -0.1) is 0 Å². The summed E-state index contributed by atoms with van der Waals surface area (Å²) in [5.74, 6) is 1.42. The standard InChI is InChI=1S/C31H42BN5O6S/c1-20-27-23-12-11-22(34-30(39)42-4)17-26(23)35-29(38)31(2,3)14-8-9-24(25-13-10-21(18-33-25)32(40)41)28(36-27)37(20)19-43-15-16-44(5,6)7/h9-13,17-18,40-41H,8,14-16,19H2,1-7H3,(H,34,39)(H,35,38)/b24-9-. The Hall–Kier alpha value is -3.65. The molecule has 2 aromatic heterocycles. The van der Waals surface area contributed by atoms with Crippen LogP contribution in [0, 0.1) is 12.3 Å². The highest BCUT2D eigenvalue weighted by Crippen LogP contribution is 2.38. The van der Waals surface area contributed by atoms with Crippen molar-refractivity contribution in [1.82, 2.24) is 14.5 Å². The summed E-state index contributed by atoms with van der Waals surface area (Å²) in [5.41, 5.74) is 3.97. The minimum atomic E-state index is -1.63. The van der Waals surface area contributed by atoms with Gasteiger partial charge in [-0.1, -0.05) is 26.0 Å². The van der Waals surface area contributed by atoms with Gasteiger partial charge in [-0.05, 0) is 62.8 Å². The van der Waals surface area contributed by atoms with Gasteiger partial charge in [0.25, 0.3) is 0 Å². The molecule has 1 aromatic carbocycles. The van der Waals surface area contributed by atoms with Crippen molar-refractivity contribution in [3.05, 3.63) is 59.8 Å². The molecule has 236 valence electrons. The monoisotopic (exact) mass is 623 g/mol. The van der Waals surface area contributed by atoms with E-state index in [1.807, 2.05) is 37.5 Å². The Morgan fingerprint density at radius 2 is 1.95 bits per heavy atom. The number of carbonyl (C=O) groups excluding carboxylic acids is 2. The maximum absolute atomic E-state index is 13.6. The van der Waals surface area contributed by atoms with Crippen molar-refractivity contribution in [2.75, 3.05) is 48.9 Å². The summed E-state index contributed by atoms with van der Waals surface area (Å²) in [7, 11) is -1.09. The fourth-order valence-corrected chi connectivity index (χ4v) is 5.35. The van der Waals surface area contributed by atoms with Crippen LogP contribution in [0.2, 0.25) is 0 Å². The topological polar surface area (TPSA) is 148 Å². The minimum absolute atomic E-state index is 0.172. The van der Waals surface area contributed by atoms with Crippen LogP contribution >= 0.6 is 10.0 Å². The van der Waals surface area contributed by atoms with Crippen molar-refractivity contribution in [2.45, 2.75) is 40.3 Å². The highest BCUT2D eigenvalue weighted by Gasteiger charge is 2.30. The number of hydrogen-bond donors (Lipinski definition) is 4. The third-order valence-corrected chi connectivity index (χ3v) is 8.96. The molecule has 0 saturated heterocycles. The van der Waals surface area contributed by atoms with Crippen LogP contribution < -0.4 is 16.1 Å². The number of fused-ring (bicyclic) bond motifs is 4. The summed E-state index contributed by atoms with van der Waals surface area (Å²) in [6, 6.07) is 8.60. The third-order valence-electron chi connectivity index (χ3n) is 7.57. The highest BCUT2D eigenvalue weighted by molar-refractivity contribution is 8.32. The van der Waals surface area contributed by atoms with E-state index in [0.717, 1.165) is 17.0 Å². The third kappa shape index (κ3) is 7.89. The van der Waals surface area contributed by atoms with E-state index in [9.17, 15) is 19.6 Å². The molecule has 4 rings (SSSR count). The molecular weight excluding hydrogens is 581 g/mol. The number of methoxy groups -OCH3 is 1. The molecule has 2 bridgehead atoms. The van der Waals surface area contributed by atoms with Crippen molar-refractivity contribution in [1.29, 1.82) is 0 Å². The lowest BCUT2D eigenvalue weighted by Gasteiger charge is -2.25. The number of benzene rings is 1. The van der Waals surface area contributed by atoms with E-state index in [4.69, 9.17) is 14.5 Å². The van der Waals surface area contributed by atoms with E-state index < -0.39 is 28.7 Å². The largest absolute Gasteiger partial charge is 0.490 e. The second kappa shape index (κ2) is 13.6. The van der Waals surface area contributed by atoms with Crippen molar-refractivity contribution in [3.63, 3.8) is 0 Å². The molecule has 11 nitrogen and oxygen atoms in total. The first-order valence-electron chi connectivity index (χ1n) is 14.3. The van der Waals surface area contributed by atoms with Crippen molar-refractivity contribution in [3.8, 4) is 11.3 Å². The molecule has 3 aromatic rings. The number of ether oxygens (including phenoxy) is 2. The minimum Gasteiger partial charge on any atom is -0.453 e. The SMILES string of the molecule is COC(=O)Nc1ccc2c(c1)NC(=O)C(C)(C)CC/C=C(/c1ccc(B(O)O)cn1)c1nc-2c(C)n1COCCS(C)(C)C. The molecule has 1 aliphatic heterocycles. The number of imidazole rings is 1. The van der Waals surface area contributed by atoms with Gasteiger partial charge in [-0.2, -0.15) is 0 Å². The molecule has 0 saturated carbocycles. The summed E-state index contributed by atoms with van der Waals surface area (Å²) in [6.45, 7) is 6.58. The molecule has 13 heteroatoms. The molecule has 3 heterocycles. The Bertz CT molecular complexity index is 1550. The summed E-state index contributed by atoms with van der Waals surface area (Å²) in [4.78, 5) is 35.2. The molecule has 0 atom stereocenters. The molecule has 0 radical (unpaired) electrons. The number of nitrogens with one attached hydrogen (secondary N) is 2. The Balaban J connectivity index is 1.91. The van der Waals surface area contributed by atoms with Gasteiger partial charge in [0, 0.05) is 45.3 Å². The van der Waals surface area contributed by atoms with Gasteiger partial charge in [0.1, 0.15) is 12.6 Å². The first-order valence-corrected chi connectivity index (χ1v) is 17.4. The smallest absolute Gasteiger partial charge is 0.453 e. The van der Waals surface area contributed by atoms with Gasteiger partial charge in [-0.3, -0.25) is 15.1 Å². The van der Waals surface area contributed by atoms with Crippen LogP contribution in [0.1, 0.15) is 43.9 Å². The molecule has 0 aliphatic carbocycles. The van der Waals surface area contributed by atoms with E-state index in [0.29, 0.717) is 53.6 Å². The molecular formula is C31H42BN5O6S. The lowest BCUT2D eigenvalue weighted by Crippen LogP contribution is -2.31. The lowest BCUT2D eigenvalue weighted by molar-refractivity contribution is -0.124. The van der Waals surface area contributed by atoms with Crippen LogP contribution in [0.5, 0.6) is 0 Å². The number of nitrogens with zero attached hydrogens (tertiary/aromatic N) is 3. The van der Waals surface area contributed by atoms with Crippen molar-refractivity contribution < 1.29 is 29.1 Å². The second-order valence-corrected chi connectivity index (χ2v) is 16.9. The zero-order chi connectivity index (χ0) is 32.2. The number of pyridine rings is 1. The fraction of sp³-hybridized carbons (Fsp3) is 0.419. The zero-order valence-corrected chi connectivity index (χ0v) is 27.2. The summed E-state index contributed by atoms with van der Waals surface area (Å²) in [6.07, 6.45) is 10.7. The first-order chi connectivity index (χ1) is 20.7. The summed E-state index contributed by atoms with van der Waals surface area (Å²) >= 11 is 0. The predicted octanol–water partition coefficient (Wildman–Crippen LogP) is 3.97. The Morgan fingerprint density at radius 1 is 1.20 bits per heavy atom. The number of hydrogen-bond acceptors (Lipinski definition) is 8. The van der Waals surface area contributed by atoms with Crippen molar-refractivity contribution in [2.24, 2.45) is 5.41 Å². The van der Waals surface area contributed by atoms with E-state index >= 15 is 0 Å². The number of carbonyl (C=O) groups is 2. The van der Waals surface area contributed by atoms with Crippen LogP contribution in [-0.2, 0) is 21.0 Å². The lowest BCUT2D eigenvalue weighted by atomic mass is 9.81. The van der Waals surface area contributed by atoms with Gasteiger partial charge < -0.3 is 29.4 Å². The number of aromatic nitrogens is 3. The Kier molecular flexibility index (Phi) is 10.2. The van der Waals surface area contributed by atoms with E-state index in [-0.39, 0.29) is 18.1 Å². The average molecular weight is 624 g/mol. The number of anilines is 2. The van der Waals surface area contributed by atoms with Crippen LogP contribution in [0.25, 0.3) is 16.8 Å². The molecule has 2 amide bonds. The maximum atomic E-state index is 13.6. The maximum Gasteiger partial charge on any atom is 0.490 e. The number of rotatable bonds is 8. The number of amides is 2. The first kappa shape index (κ1) is 33.3. The zero-order valence-electron chi connectivity index (χ0n) is 26.4. The van der Waals surface area contributed by atoms with E-state index in [2.05, 4.69) is 34.4 Å². The van der Waals surface area contributed by atoms with Gasteiger partial charge in [-0.25, -0.2) is 19.8 Å². The van der Waals surface area contributed by atoms with Gasteiger partial charge in [0.05, 0.1) is 30.8 Å². The molecule has 1 aliphatic rings. The number of allylic oxidation sites excluding steroid dienone is 1. The second-order valence-electron chi connectivity index (χ2n) is 12.4. The quantitative estimate of drug-likeness (QED) is 0.218. The van der Waals surface area contributed by atoms with Crippen LogP contribution in [0.3, 0.4) is 0 Å². The normalized spacial score (nSPS) is 16.4. The van der Waals surface area contributed by atoms with E-state index in [1.54, 1.807) is 24.3 Å².